The molecule has 0 heterocycles. The highest BCUT2D eigenvalue weighted by atomic mass is 127. The molecule has 0 aliphatic carbocycles. The molecular formula is C20H44IN5O2. The minimum atomic E-state index is 0. The van der Waals surface area contributed by atoms with Crippen LogP contribution in [-0.2, 0) is 9.53 Å². The van der Waals surface area contributed by atoms with E-state index in [1.807, 2.05) is 0 Å². The Bertz CT molecular complexity index is 408. The lowest BCUT2D eigenvalue weighted by atomic mass is 9.99. The normalized spacial score (nSPS) is 12.5. The molecule has 0 saturated carbocycles. The van der Waals surface area contributed by atoms with Crippen molar-refractivity contribution in [1.29, 1.82) is 0 Å². The van der Waals surface area contributed by atoms with Gasteiger partial charge in [0.05, 0.1) is 0 Å². The van der Waals surface area contributed by atoms with Gasteiger partial charge in [0, 0.05) is 54.0 Å². The number of guanidine groups is 1. The molecule has 168 valence electrons. The van der Waals surface area contributed by atoms with Crippen molar-refractivity contribution in [2.45, 2.75) is 46.0 Å². The summed E-state index contributed by atoms with van der Waals surface area (Å²) < 4.78 is 5.09. The second kappa shape index (κ2) is 19.7. The summed E-state index contributed by atoms with van der Waals surface area (Å²) >= 11 is 0. The zero-order valence-corrected chi connectivity index (χ0v) is 21.3. The lowest BCUT2D eigenvalue weighted by molar-refractivity contribution is -0.127. The van der Waals surface area contributed by atoms with Crippen LogP contribution >= 0.6 is 24.0 Å². The number of carbonyl (C=O) groups is 1. The van der Waals surface area contributed by atoms with E-state index in [1.54, 1.807) is 26.1 Å². The third-order valence-corrected chi connectivity index (χ3v) is 4.65. The molecule has 1 atom stereocenters. The summed E-state index contributed by atoms with van der Waals surface area (Å²) in [6.07, 6.45) is 5.89. The van der Waals surface area contributed by atoms with Gasteiger partial charge in [-0.3, -0.25) is 4.79 Å². The van der Waals surface area contributed by atoms with Crippen LogP contribution in [0.2, 0.25) is 0 Å². The maximum atomic E-state index is 11.9. The first-order chi connectivity index (χ1) is 12.9. The predicted octanol–water partition coefficient (Wildman–Crippen LogP) is 2.41. The molecule has 0 aromatic rings. The molecule has 0 aromatic carbocycles. The minimum absolute atomic E-state index is 0. The van der Waals surface area contributed by atoms with Crippen LogP contribution in [0.5, 0.6) is 0 Å². The number of amides is 1. The summed E-state index contributed by atoms with van der Waals surface area (Å²) in [5, 5.41) is 6.80. The fourth-order valence-electron chi connectivity index (χ4n) is 2.60. The standard InChI is InChI=1S/C20H43N5O2.HI/c1-7-9-11-18(8-2)16-22-20(23-17-19(26)24(3)4)21-12-14-25(5)13-10-15-27-6;/h18H,7-17H2,1-6H3,(H2,21,22,23);1H. The lowest BCUT2D eigenvalue weighted by Gasteiger charge is -2.20. The van der Waals surface area contributed by atoms with Gasteiger partial charge < -0.3 is 25.2 Å². The average Bonchev–Trinajstić information content (AvgIpc) is 2.65. The van der Waals surface area contributed by atoms with Crippen molar-refractivity contribution in [2.75, 3.05) is 67.6 Å². The van der Waals surface area contributed by atoms with Gasteiger partial charge >= 0.3 is 0 Å². The van der Waals surface area contributed by atoms with E-state index in [0.29, 0.717) is 5.92 Å². The molecule has 0 aliphatic rings. The number of likely N-dealkylation sites (N-methyl/N-ethyl adjacent to an activating group) is 2. The van der Waals surface area contributed by atoms with Crippen LogP contribution < -0.4 is 10.6 Å². The van der Waals surface area contributed by atoms with E-state index >= 15 is 0 Å². The molecule has 0 aromatic heterocycles. The summed E-state index contributed by atoms with van der Waals surface area (Å²) in [5.41, 5.74) is 0. The molecule has 0 aliphatic heterocycles. The zero-order chi connectivity index (χ0) is 20.5. The van der Waals surface area contributed by atoms with E-state index < -0.39 is 0 Å². The quantitative estimate of drug-likeness (QED) is 0.152. The number of nitrogens with one attached hydrogen (secondary N) is 2. The average molecular weight is 514 g/mol. The Morgan fingerprint density at radius 3 is 2.39 bits per heavy atom. The Morgan fingerprint density at radius 2 is 1.82 bits per heavy atom. The molecule has 7 nitrogen and oxygen atoms in total. The molecule has 0 fully saturated rings. The van der Waals surface area contributed by atoms with E-state index in [9.17, 15) is 4.79 Å². The highest BCUT2D eigenvalue weighted by Gasteiger charge is 2.09. The van der Waals surface area contributed by atoms with Gasteiger partial charge in [-0.25, -0.2) is 4.99 Å². The number of carbonyl (C=O) groups excluding carboxylic acids is 1. The molecule has 2 N–H and O–H groups in total. The van der Waals surface area contributed by atoms with Crippen LogP contribution in [-0.4, -0.2) is 89.3 Å². The van der Waals surface area contributed by atoms with Crippen LogP contribution in [0.1, 0.15) is 46.0 Å². The van der Waals surface area contributed by atoms with Crippen LogP contribution in [0, 0.1) is 5.92 Å². The van der Waals surface area contributed by atoms with E-state index in [4.69, 9.17) is 4.74 Å². The number of hydrogen-bond donors (Lipinski definition) is 2. The second-order valence-corrected chi connectivity index (χ2v) is 7.33. The lowest BCUT2D eigenvalue weighted by Crippen LogP contribution is -2.43. The van der Waals surface area contributed by atoms with Gasteiger partial charge in [0.2, 0.25) is 5.91 Å². The summed E-state index contributed by atoms with van der Waals surface area (Å²) in [6.45, 7) is 9.01. The van der Waals surface area contributed by atoms with Crippen molar-refractivity contribution in [2.24, 2.45) is 10.9 Å². The van der Waals surface area contributed by atoms with Gasteiger partial charge in [-0.15, -0.1) is 24.0 Å². The van der Waals surface area contributed by atoms with E-state index in [-0.39, 0.29) is 36.4 Å². The van der Waals surface area contributed by atoms with E-state index in [0.717, 1.165) is 51.6 Å². The molecule has 0 radical (unpaired) electrons. The number of hydrogen-bond acceptors (Lipinski definition) is 4. The SMILES string of the molecule is CCCCC(CC)CNC(=NCC(=O)N(C)C)NCCN(C)CCCOC.I. The first-order valence-corrected chi connectivity index (χ1v) is 10.3. The van der Waals surface area contributed by atoms with Gasteiger partial charge in [0.25, 0.3) is 0 Å². The Hall–Kier alpha value is -0.610. The van der Waals surface area contributed by atoms with Crippen LogP contribution in [0.3, 0.4) is 0 Å². The van der Waals surface area contributed by atoms with Crippen molar-refractivity contribution < 1.29 is 9.53 Å². The monoisotopic (exact) mass is 513 g/mol. The Labute approximate surface area is 190 Å². The van der Waals surface area contributed by atoms with Crippen LogP contribution in [0.15, 0.2) is 4.99 Å². The summed E-state index contributed by atoms with van der Waals surface area (Å²) in [4.78, 5) is 20.2. The van der Waals surface area contributed by atoms with Gasteiger partial charge in [-0.1, -0.05) is 33.1 Å². The number of methoxy groups -OCH3 is 1. The van der Waals surface area contributed by atoms with Gasteiger partial charge in [0.1, 0.15) is 6.54 Å². The molecule has 0 bridgehead atoms. The highest BCUT2D eigenvalue weighted by molar-refractivity contribution is 14.0. The Kier molecular flexibility index (Phi) is 20.8. The van der Waals surface area contributed by atoms with E-state index in [2.05, 4.69) is 41.4 Å². The third kappa shape index (κ3) is 16.4. The van der Waals surface area contributed by atoms with Crippen molar-refractivity contribution in [3.8, 4) is 0 Å². The smallest absolute Gasteiger partial charge is 0.243 e. The zero-order valence-electron chi connectivity index (χ0n) is 18.9. The summed E-state index contributed by atoms with van der Waals surface area (Å²) in [5.74, 6) is 1.37. The molecule has 8 heteroatoms. The predicted molar refractivity (Wildman–Crippen MR) is 130 cm³/mol. The molecule has 1 unspecified atom stereocenters. The maximum Gasteiger partial charge on any atom is 0.243 e. The summed E-state index contributed by atoms with van der Waals surface area (Å²) in [7, 11) is 7.35. The maximum absolute atomic E-state index is 11.9. The molecule has 0 spiro atoms. The Morgan fingerprint density at radius 1 is 1.11 bits per heavy atom. The second-order valence-electron chi connectivity index (χ2n) is 7.33. The first kappa shape index (κ1) is 29.6. The number of unbranched alkanes of at least 4 members (excludes halogenated alkanes) is 1. The fraction of sp³-hybridized carbons (Fsp3) is 0.900. The van der Waals surface area contributed by atoms with Gasteiger partial charge in [0.15, 0.2) is 5.96 Å². The first-order valence-electron chi connectivity index (χ1n) is 10.3. The van der Waals surface area contributed by atoms with Crippen LogP contribution in [0.25, 0.3) is 0 Å². The minimum Gasteiger partial charge on any atom is -0.385 e. The van der Waals surface area contributed by atoms with Crippen molar-refractivity contribution in [3.05, 3.63) is 0 Å². The molecule has 28 heavy (non-hydrogen) atoms. The number of ether oxygens (including phenoxy) is 1. The highest BCUT2D eigenvalue weighted by Crippen LogP contribution is 2.11. The van der Waals surface area contributed by atoms with Crippen molar-refractivity contribution >= 4 is 35.8 Å². The van der Waals surface area contributed by atoms with Gasteiger partial charge in [-0.05, 0) is 25.8 Å². The largest absolute Gasteiger partial charge is 0.385 e. The number of aliphatic imine (C=N–C) groups is 1. The number of rotatable bonds is 15. The Balaban J connectivity index is 0. The fourth-order valence-corrected chi connectivity index (χ4v) is 2.60. The number of halogens is 1. The van der Waals surface area contributed by atoms with Crippen molar-refractivity contribution in [3.63, 3.8) is 0 Å². The third-order valence-electron chi connectivity index (χ3n) is 4.65. The molecule has 0 saturated heterocycles. The van der Waals surface area contributed by atoms with Gasteiger partial charge in [-0.2, -0.15) is 0 Å². The topological polar surface area (TPSA) is 69.2 Å². The number of nitrogens with zero attached hydrogens (tertiary/aromatic N) is 3. The van der Waals surface area contributed by atoms with E-state index in [1.165, 1.54) is 19.3 Å². The summed E-state index contributed by atoms with van der Waals surface area (Å²) in [6, 6.07) is 0. The van der Waals surface area contributed by atoms with Crippen LogP contribution in [0.4, 0.5) is 0 Å². The molecule has 0 rings (SSSR count). The molecular weight excluding hydrogens is 469 g/mol. The van der Waals surface area contributed by atoms with Crippen molar-refractivity contribution in [1.82, 2.24) is 20.4 Å². The molecule has 1 amide bonds.